The van der Waals surface area contributed by atoms with Gasteiger partial charge in [-0.2, -0.15) is 0 Å². The number of carbonyl (C=O) groups excluding carboxylic acids is 1. The number of fused-ring (bicyclic) bond motifs is 1. The van der Waals surface area contributed by atoms with Gasteiger partial charge in [0.25, 0.3) is 0 Å². The molecule has 1 aromatic carbocycles. The van der Waals surface area contributed by atoms with E-state index in [1.807, 2.05) is 79.1 Å². The van der Waals surface area contributed by atoms with Crippen LogP contribution in [0, 0.1) is 0 Å². The highest BCUT2D eigenvalue weighted by Crippen LogP contribution is 2.25. The molecule has 6 nitrogen and oxygen atoms in total. The molecule has 5 rings (SSSR count). The molecule has 1 amide bonds. The van der Waals surface area contributed by atoms with Crippen LogP contribution < -0.4 is 5.32 Å². The Bertz CT molecular complexity index is 1480. The minimum absolute atomic E-state index is 0.00388. The Morgan fingerprint density at radius 3 is 2.46 bits per heavy atom. The number of imidazole rings is 1. The van der Waals surface area contributed by atoms with E-state index in [0.29, 0.717) is 5.82 Å². The number of hydrogen-bond donors (Lipinski definition) is 1. The van der Waals surface area contributed by atoms with Crippen molar-refractivity contribution in [3.05, 3.63) is 103 Å². The van der Waals surface area contributed by atoms with Crippen molar-refractivity contribution in [3.8, 4) is 22.5 Å². The fourth-order valence-corrected chi connectivity index (χ4v) is 4.02. The number of anilines is 1. The van der Waals surface area contributed by atoms with Crippen LogP contribution in [0.4, 0.5) is 5.82 Å². The summed E-state index contributed by atoms with van der Waals surface area (Å²) in [6.45, 7) is 6.41. The second-order valence-electron chi connectivity index (χ2n) is 9.60. The van der Waals surface area contributed by atoms with Crippen LogP contribution in [0.1, 0.15) is 31.9 Å². The van der Waals surface area contributed by atoms with Gasteiger partial charge in [-0.05, 0) is 52.9 Å². The fourth-order valence-electron chi connectivity index (χ4n) is 4.02. The first kappa shape index (κ1) is 22.5. The summed E-state index contributed by atoms with van der Waals surface area (Å²) in [4.78, 5) is 25.9. The van der Waals surface area contributed by atoms with Crippen molar-refractivity contribution in [1.82, 2.24) is 19.4 Å². The summed E-state index contributed by atoms with van der Waals surface area (Å²) in [5.74, 6) is 0.489. The van der Waals surface area contributed by atoms with Crippen LogP contribution in [-0.2, 0) is 16.6 Å². The van der Waals surface area contributed by atoms with Crippen LogP contribution in [0.2, 0.25) is 0 Å². The third-order valence-electron chi connectivity index (χ3n) is 5.98. The Labute approximate surface area is 204 Å². The Hall–Kier alpha value is -4.32. The third-order valence-corrected chi connectivity index (χ3v) is 5.98. The first-order chi connectivity index (χ1) is 16.9. The molecule has 4 heterocycles. The number of nitrogens with zero attached hydrogens (tertiary/aromatic N) is 4. The van der Waals surface area contributed by atoms with Crippen molar-refractivity contribution in [3.63, 3.8) is 0 Å². The number of amides is 1. The van der Waals surface area contributed by atoms with Gasteiger partial charge in [0.2, 0.25) is 5.91 Å². The lowest BCUT2D eigenvalue weighted by Crippen LogP contribution is -2.17. The van der Waals surface area contributed by atoms with Gasteiger partial charge in [-0.3, -0.25) is 14.2 Å². The zero-order valence-electron chi connectivity index (χ0n) is 20.1. The Balaban J connectivity index is 1.30. The van der Waals surface area contributed by atoms with Crippen LogP contribution in [-0.4, -0.2) is 25.3 Å². The molecule has 0 spiro atoms. The normalized spacial score (nSPS) is 11.5. The van der Waals surface area contributed by atoms with E-state index in [9.17, 15) is 4.79 Å². The molecular formula is C29H27N5O. The molecule has 5 aromatic rings. The first-order valence-corrected chi connectivity index (χ1v) is 11.6. The highest BCUT2D eigenvalue weighted by atomic mass is 16.1. The van der Waals surface area contributed by atoms with Gasteiger partial charge in [-0.1, -0.05) is 51.1 Å². The maximum Gasteiger partial charge on any atom is 0.229 e. The molecule has 0 fully saturated rings. The zero-order chi connectivity index (χ0) is 24.4. The Kier molecular flexibility index (Phi) is 5.87. The van der Waals surface area contributed by atoms with Crippen molar-refractivity contribution in [2.45, 2.75) is 32.6 Å². The smallest absolute Gasteiger partial charge is 0.229 e. The van der Waals surface area contributed by atoms with Crippen molar-refractivity contribution in [2.24, 2.45) is 0 Å². The lowest BCUT2D eigenvalue weighted by atomic mass is 9.88. The van der Waals surface area contributed by atoms with Gasteiger partial charge in [0.05, 0.1) is 24.0 Å². The molecule has 4 aromatic heterocycles. The van der Waals surface area contributed by atoms with Crippen molar-refractivity contribution in [1.29, 1.82) is 0 Å². The lowest BCUT2D eigenvalue weighted by Gasteiger charge is -2.19. The van der Waals surface area contributed by atoms with Gasteiger partial charge in [0, 0.05) is 29.7 Å². The third kappa shape index (κ3) is 4.96. The van der Waals surface area contributed by atoms with Gasteiger partial charge in [0.1, 0.15) is 11.5 Å². The second-order valence-corrected chi connectivity index (χ2v) is 9.60. The van der Waals surface area contributed by atoms with E-state index < -0.39 is 0 Å². The molecule has 0 aliphatic carbocycles. The van der Waals surface area contributed by atoms with E-state index in [4.69, 9.17) is 0 Å². The zero-order valence-corrected chi connectivity index (χ0v) is 20.1. The van der Waals surface area contributed by atoms with E-state index in [1.165, 1.54) is 0 Å². The summed E-state index contributed by atoms with van der Waals surface area (Å²) in [5.41, 5.74) is 6.89. The van der Waals surface area contributed by atoms with E-state index in [0.717, 1.165) is 39.3 Å². The van der Waals surface area contributed by atoms with E-state index >= 15 is 0 Å². The van der Waals surface area contributed by atoms with Gasteiger partial charge in [0.15, 0.2) is 0 Å². The molecule has 0 atom stereocenters. The molecule has 6 heteroatoms. The van der Waals surface area contributed by atoms with Gasteiger partial charge in [-0.25, -0.2) is 9.97 Å². The van der Waals surface area contributed by atoms with Crippen LogP contribution in [0.3, 0.4) is 0 Å². The minimum Gasteiger partial charge on any atom is -0.310 e. The highest BCUT2D eigenvalue weighted by Gasteiger charge is 2.15. The maximum absolute atomic E-state index is 12.6. The molecule has 0 radical (unpaired) electrons. The SMILES string of the molecule is CC(C)(C)c1ccnc(NC(=O)Cc2ccc(-c3cnc4cc(-c5ccccn5)ccn34)cc2)c1. The molecule has 35 heavy (non-hydrogen) atoms. The molecule has 0 saturated heterocycles. The first-order valence-electron chi connectivity index (χ1n) is 11.6. The number of pyridine rings is 3. The molecule has 0 unspecified atom stereocenters. The maximum atomic E-state index is 12.6. The van der Waals surface area contributed by atoms with Crippen molar-refractivity contribution < 1.29 is 4.79 Å². The predicted molar refractivity (Wildman–Crippen MR) is 139 cm³/mol. The van der Waals surface area contributed by atoms with Crippen LogP contribution >= 0.6 is 0 Å². The van der Waals surface area contributed by atoms with Crippen LogP contribution in [0.25, 0.3) is 28.2 Å². The quantitative estimate of drug-likeness (QED) is 0.352. The fraction of sp³-hybridized carbons (Fsp3) is 0.172. The van der Waals surface area contributed by atoms with Crippen LogP contribution in [0.15, 0.2) is 91.5 Å². The average molecular weight is 462 g/mol. The average Bonchev–Trinajstić information content (AvgIpc) is 3.28. The topological polar surface area (TPSA) is 72.2 Å². The molecule has 0 aliphatic rings. The Morgan fingerprint density at radius 1 is 0.886 bits per heavy atom. The molecular weight excluding hydrogens is 434 g/mol. The van der Waals surface area contributed by atoms with Crippen molar-refractivity contribution in [2.75, 3.05) is 5.32 Å². The minimum atomic E-state index is -0.0897. The number of aromatic nitrogens is 4. The molecule has 0 saturated carbocycles. The van der Waals surface area contributed by atoms with E-state index in [-0.39, 0.29) is 17.7 Å². The lowest BCUT2D eigenvalue weighted by molar-refractivity contribution is -0.115. The van der Waals surface area contributed by atoms with E-state index in [2.05, 4.69) is 45.4 Å². The summed E-state index contributed by atoms with van der Waals surface area (Å²) >= 11 is 0. The monoisotopic (exact) mass is 461 g/mol. The second kappa shape index (κ2) is 9.14. The number of rotatable bonds is 5. The summed E-state index contributed by atoms with van der Waals surface area (Å²) in [5, 5.41) is 2.92. The molecule has 174 valence electrons. The summed E-state index contributed by atoms with van der Waals surface area (Å²) < 4.78 is 2.06. The standard InChI is InChI=1S/C29H27N5O/c1-29(2,3)23-11-14-31-26(18-23)33-28(35)16-20-7-9-21(10-8-20)25-19-32-27-17-22(12-15-34(25)27)24-6-4-5-13-30-24/h4-15,17-19H,16H2,1-3H3,(H,31,33,35). The molecule has 1 N–H and O–H groups in total. The van der Waals surface area contributed by atoms with Gasteiger partial charge < -0.3 is 5.32 Å². The highest BCUT2D eigenvalue weighted by molar-refractivity contribution is 5.91. The molecule has 0 aliphatic heterocycles. The van der Waals surface area contributed by atoms with E-state index in [1.54, 1.807) is 12.4 Å². The summed E-state index contributed by atoms with van der Waals surface area (Å²) in [6.07, 6.45) is 7.69. The number of hydrogen-bond acceptors (Lipinski definition) is 4. The Morgan fingerprint density at radius 2 is 1.71 bits per heavy atom. The number of benzene rings is 1. The summed E-state index contributed by atoms with van der Waals surface area (Å²) in [7, 11) is 0. The van der Waals surface area contributed by atoms with Crippen LogP contribution in [0.5, 0.6) is 0 Å². The van der Waals surface area contributed by atoms with Gasteiger partial charge in [-0.15, -0.1) is 0 Å². The predicted octanol–water partition coefficient (Wildman–Crippen LogP) is 5.94. The molecule has 0 bridgehead atoms. The van der Waals surface area contributed by atoms with Crippen molar-refractivity contribution >= 4 is 17.4 Å². The number of nitrogens with one attached hydrogen (secondary N) is 1. The van der Waals surface area contributed by atoms with Gasteiger partial charge >= 0.3 is 0 Å². The summed E-state index contributed by atoms with van der Waals surface area (Å²) in [6, 6.07) is 21.9. The number of carbonyl (C=O) groups is 1. The largest absolute Gasteiger partial charge is 0.310 e.